The van der Waals surface area contributed by atoms with Gasteiger partial charge in [-0.05, 0) is 36.5 Å². The number of benzene rings is 1. The maximum atomic E-state index is 3.60. The standard InChI is InChI=1S/C13H18N2/c1-15-8-7-12-10(3-2-4-13(12)15)9-14-11-5-6-11/h2-4,11,14H,5-9H2,1H3. The number of anilines is 1. The largest absolute Gasteiger partial charge is 0.374 e. The van der Waals surface area contributed by atoms with Crippen molar-refractivity contribution in [2.75, 3.05) is 18.5 Å². The predicted octanol–water partition coefficient (Wildman–Crippen LogP) is 1.93. The van der Waals surface area contributed by atoms with E-state index < -0.39 is 0 Å². The van der Waals surface area contributed by atoms with Gasteiger partial charge in [-0.1, -0.05) is 12.1 Å². The highest BCUT2D eigenvalue weighted by atomic mass is 15.1. The van der Waals surface area contributed by atoms with E-state index in [1.165, 1.54) is 37.1 Å². The number of hydrogen-bond acceptors (Lipinski definition) is 2. The van der Waals surface area contributed by atoms with Crippen LogP contribution in [0.1, 0.15) is 24.0 Å². The van der Waals surface area contributed by atoms with Crippen molar-refractivity contribution in [2.24, 2.45) is 0 Å². The lowest BCUT2D eigenvalue weighted by Gasteiger charge is -2.13. The molecule has 0 atom stereocenters. The number of nitrogens with zero attached hydrogens (tertiary/aromatic N) is 1. The molecule has 1 N–H and O–H groups in total. The number of fused-ring (bicyclic) bond motifs is 1. The first-order chi connectivity index (χ1) is 7.34. The summed E-state index contributed by atoms with van der Waals surface area (Å²) in [6.45, 7) is 2.23. The Morgan fingerprint density at radius 2 is 2.27 bits per heavy atom. The molecule has 2 aliphatic rings. The highest BCUT2D eigenvalue weighted by Crippen LogP contribution is 2.30. The summed E-state index contributed by atoms with van der Waals surface area (Å²) >= 11 is 0. The number of rotatable bonds is 3. The molecular formula is C13H18N2. The first-order valence-electron chi connectivity index (χ1n) is 5.90. The molecule has 15 heavy (non-hydrogen) atoms. The zero-order chi connectivity index (χ0) is 10.3. The van der Waals surface area contributed by atoms with E-state index >= 15 is 0 Å². The van der Waals surface area contributed by atoms with Gasteiger partial charge in [-0.2, -0.15) is 0 Å². The van der Waals surface area contributed by atoms with Crippen LogP contribution in [-0.4, -0.2) is 19.6 Å². The average molecular weight is 202 g/mol. The van der Waals surface area contributed by atoms with Crippen molar-refractivity contribution < 1.29 is 0 Å². The van der Waals surface area contributed by atoms with E-state index in [2.05, 4.69) is 35.5 Å². The quantitative estimate of drug-likeness (QED) is 0.805. The second-order valence-electron chi connectivity index (χ2n) is 4.74. The van der Waals surface area contributed by atoms with Crippen molar-refractivity contribution >= 4 is 5.69 Å². The van der Waals surface area contributed by atoms with Crippen LogP contribution in [0.5, 0.6) is 0 Å². The van der Waals surface area contributed by atoms with E-state index in [9.17, 15) is 0 Å². The van der Waals surface area contributed by atoms with E-state index in [4.69, 9.17) is 0 Å². The lowest BCUT2D eigenvalue weighted by atomic mass is 10.1. The normalized spacial score (nSPS) is 19.4. The maximum absolute atomic E-state index is 3.60. The van der Waals surface area contributed by atoms with Gasteiger partial charge in [-0.15, -0.1) is 0 Å². The average Bonchev–Trinajstić information content (AvgIpc) is 3.01. The van der Waals surface area contributed by atoms with Gasteiger partial charge in [0.15, 0.2) is 0 Å². The smallest absolute Gasteiger partial charge is 0.0400 e. The summed E-state index contributed by atoms with van der Waals surface area (Å²) in [7, 11) is 2.18. The molecule has 3 rings (SSSR count). The summed E-state index contributed by atoms with van der Waals surface area (Å²) in [5, 5.41) is 3.60. The van der Waals surface area contributed by atoms with Crippen molar-refractivity contribution in [3.05, 3.63) is 29.3 Å². The Morgan fingerprint density at radius 1 is 1.40 bits per heavy atom. The Labute approximate surface area is 91.3 Å². The Hall–Kier alpha value is -1.02. The Morgan fingerprint density at radius 3 is 3.07 bits per heavy atom. The molecule has 2 heteroatoms. The molecule has 0 aromatic heterocycles. The molecule has 0 spiro atoms. The Balaban J connectivity index is 1.81. The van der Waals surface area contributed by atoms with Crippen LogP contribution in [0.25, 0.3) is 0 Å². The van der Waals surface area contributed by atoms with Crippen molar-refractivity contribution in [3.63, 3.8) is 0 Å². The SMILES string of the molecule is CN1CCc2c(CNC3CC3)cccc21. The second kappa shape index (κ2) is 3.53. The fraction of sp³-hybridized carbons (Fsp3) is 0.538. The van der Waals surface area contributed by atoms with E-state index in [0.29, 0.717) is 0 Å². The van der Waals surface area contributed by atoms with Gasteiger partial charge in [0.1, 0.15) is 0 Å². The minimum atomic E-state index is 0.806. The Kier molecular flexibility index (Phi) is 2.17. The van der Waals surface area contributed by atoms with Crippen LogP contribution in [0, 0.1) is 0 Å². The molecule has 0 amide bonds. The van der Waals surface area contributed by atoms with E-state index in [-0.39, 0.29) is 0 Å². The monoisotopic (exact) mass is 202 g/mol. The summed E-state index contributed by atoms with van der Waals surface area (Å²) in [5.41, 5.74) is 4.50. The molecule has 1 heterocycles. The fourth-order valence-corrected chi connectivity index (χ4v) is 2.37. The van der Waals surface area contributed by atoms with Crippen LogP contribution in [0.15, 0.2) is 18.2 Å². The van der Waals surface area contributed by atoms with Gasteiger partial charge in [-0.3, -0.25) is 0 Å². The molecule has 1 aromatic carbocycles. The van der Waals surface area contributed by atoms with E-state index in [1.807, 2.05) is 0 Å². The molecule has 1 aliphatic heterocycles. The molecule has 0 saturated heterocycles. The van der Waals surface area contributed by atoms with Gasteiger partial charge >= 0.3 is 0 Å². The van der Waals surface area contributed by atoms with Crippen molar-refractivity contribution in [1.82, 2.24) is 5.32 Å². The predicted molar refractivity (Wildman–Crippen MR) is 63.3 cm³/mol. The van der Waals surface area contributed by atoms with E-state index in [0.717, 1.165) is 12.6 Å². The minimum absolute atomic E-state index is 0.806. The lowest BCUT2D eigenvalue weighted by molar-refractivity contribution is 0.684. The molecule has 1 aromatic rings. The minimum Gasteiger partial charge on any atom is -0.374 e. The van der Waals surface area contributed by atoms with Crippen LogP contribution in [-0.2, 0) is 13.0 Å². The molecule has 1 fully saturated rings. The summed E-state index contributed by atoms with van der Waals surface area (Å²) < 4.78 is 0. The van der Waals surface area contributed by atoms with Gasteiger partial charge in [0.25, 0.3) is 0 Å². The molecular weight excluding hydrogens is 184 g/mol. The first-order valence-corrected chi connectivity index (χ1v) is 5.90. The fourth-order valence-electron chi connectivity index (χ4n) is 2.37. The first kappa shape index (κ1) is 9.22. The van der Waals surface area contributed by atoms with Crippen molar-refractivity contribution in [3.8, 4) is 0 Å². The molecule has 2 nitrogen and oxygen atoms in total. The third-order valence-corrected chi connectivity index (χ3v) is 3.52. The summed E-state index contributed by atoms with van der Waals surface area (Å²) in [6, 6.07) is 7.50. The third-order valence-electron chi connectivity index (χ3n) is 3.52. The van der Waals surface area contributed by atoms with Crippen LogP contribution in [0.2, 0.25) is 0 Å². The van der Waals surface area contributed by atoms with Crippen LogP contribution >= 0.6 is 0 Å². The number of hydrogen-bond donors (Lipinski definition) is 1. The van der Waals surface area contributed by atoms with Gasteiger partial charge in [0.05, 0.1) is 0 Å². The third kappa shape index (κ3) is 1.74. The molecule has 0 unspecified atom stereocenters. The zero-order valence-corrected chi connectivity index (χ0v) is 9.29. The Bertz CT molecular complexity index is 369. The summed E-state index contributed by atoms with van der Waals surface area (Å²) in [5.74, 6) is 0. The molecule has 80 valence electrons. The van der Waals surface area contributed by atoms with Crippen molar-refractivity contribution in [2.45, 2.75) is 31.8 Å². The molecule has 1 aliphatic carbocycles. The molecule has 0 radical (unpaired) electrons. The van der Waals surface area contributed by atoms with Gasteiger partial charge < -0.3 is 10.2 Å². The lowest BCUT2D eigenvalue weighted by Crippen LogP contribution is -2.16. The van der Waals surface area contributed by atoms with Crippen LogP contribution < -0.4 is 10.2 Å². The zero-order valence-electron chi connectivity index (χ0n) is 9.29. The van der Waals surface area contributed by atoms with Crippen LogP contribution in [0.3, 0.4) is 0 Å². The van der Waals surface area contributed by atoms with Gasteiger partial charge in [0.2, 0.25) is 0 Å². The molecule has 1 saturated carbocycles. The molecule has 0 bridgehead atoms. The van der Waals surface area contributed by atoms with Gasteiger partial charge in [0, 0.05) is 31.9 Å². The van der Waals surface area contributed by atoms with Gasteiger partial charge in [-0.25, -0.2) is 0 Å². The number of nitrogens with one attached hydrogen (secondary N) is 1. The van der Waals surface area contributed by atoms with Crippen molar-refractivity contribution in [1.29, 1.82) is 0 Å². The number of likely N-dealkylation sites (N-methyl/N-ethyl adjacent to an activating group) is 1. The highest BCUT2D eigenvalue weighted by molar-refractivity contribution is 5.60. The van der Waals surface area contributed by atoms with Crippen LogP contribution in [0.4, 0.5) is 5.69 Å². The second-order valence-corrected chi connectivity index (χ2v) is 4.74. The highest BCUT2D eigenvalue weighted by Gasteiger charge is 2.22. The summed E-state index contributed by atoms with van der Waals surface area (Å²) in [4.78, 5) is 2.36. The topological polar surface area (TPSA) is 15.3 Å². The summed E-state index contributed by atoms with van der Waals surface area (Å²) in [6.07, 6.45) is 3.96. The van der Waals surface area contributed by atoms with E-state index in [1.54, 1.807) is 5.56 Å². The maximum Gasteiger partial charge on any atom is 0.0400 e.